The lowest BCUT2D eigenvalue weighted by Crippen LogP contribution is -2.08. The quantitative estimate of drug-likeness (QED) is 0.465. The highest BCUT2D eigenvalue weighted by Crippen LogP contribution is 1.99. The van der Waals surface area contributed by atoms with Crippen molar-refractivity contribution in [2.45, 2.75) is 6.29 Å². The van der Waals surface area contributed by atoms with Gasteiger partial charge in [0.2, 0.25) is 0 Å². The summed E-state index contributed by atoms with van der Waals surface area (Å²) in [7, 11) is 1.55. The topological polar surface area (TPSA) is 30.8 Å². The number of methoxy groups -OCH3 is 1. The zero-order valence-electron chi connectivity index (χ0n) is 3.92. The molecule has 0 saturated carbocycles. The SMILES string of the molecule is COC1C=N[C]O1. The summed E-state index contributed by atoms with van der Waals surface area (Å²) >= 11 is 0. The number of hydrogen-bond donors (Lipinski definition) is 0. The molecule has 1 atom stereocenters. The van der Waals surface area contributed by atoms with Crippen LogP contribution >= 0.6 is 0 Å². The molecular weight excluding hydrogens is 94.0 g/mol. The first-order valence-corrected chi connectivity index (χ1v) is 1.90. The predicted octanol–water partition coefficient (Wildman–Crippen LogP) is 0.0562. The first-order valence-electron chi connectivity index (χ1n) is 1.90. The van der Waals surface area contributed by atoms with Gasteiger partial charge in [0.25, 0.3) is 6.73 Å². The zero-order valence-corrected chi connectivity index (χ0v) is 3.92. The number of ether oxygens (including phenoxy) is 2. The van der Waals surface area contributed by atoms with Crippen molar-refractivity contribution in [3.63, 3.8) is 0 Å². The molecule has 0 bridgehead atoms. The third-order valence-electron chi connectivity index (χ3n) is 0.650. The smallest absolute Gasteiger partial charge is 0.272 e. The van der Waals surface area contributed by atoms with Gasteiger partial charge in [0, 0.05) is 7.11 Å². The molecule has 0 N–H and O–H groups in total. The maximum atomic E-state index is 4.68. The van der Waals surface area contributed by atoms with Crippen LogP contribution in [0.15, 0.2) is 4.99 Å². The van der Waals surface area contributed by atoms with Gasteiger partial charge >= 0.3 is 0 Å². The Morgan fingerprint density at radius 2 is 2.86 bits per heavy atom. The van der Waals surface area contributed by atoms with Crippen molar-refractivity contribution < 1.29 is 9.47 Å². The third-order valence-corrected chi connectivity index (χ3v) is 0.650. The van der Waals surface area contributed by atoms with Crippen molar-refractivity contribution in [1.29, 1.82) is 0 Å². The lowest BCUT2D eigenvalue weighted by atomic mass is 10.7. The molecular formula is C4H5NO2. The molecule has 0 saturated heterocycles. The van der Waals surface area contributed by atoms with Crippen molar-refractivity contribution in [2.75, 3.05) is 7.11 Å². The fraction of sp³-hybridized carbons (Fsp3) is 0.500. The van der Waals surface area contributed by atoms with Crippen LogP contribution in [0.5, 0.6) is 0 Å². The monoisotopic (exact) mass is 99.0 g/mol. The maximum absolute atomic E-state index is 4.68. The first-order chi connectivity index (χ1) is 3.43. The molecule has 2 radical (unpaired) electrons. The second-order valence-corrected chi connectivity index (χ2v) is 1.09. The van der Waals surface area contributed by atoms with Gasteiger partial charge in [-0.2, -0.15) is 0 Å². The Hall–Kier alpha value is -0.410. The van der Waals surface area contributed by atoms with Gasteiger partial charge in [0.05, 0.1) is 6.21 Å². The Morgan fingerprint density at radius 3 is 3.14 bits per heavy atom. The van der Waals surface area contributed by atoms with E-state index in [2.05, 4.69) is 21.2 Å². The van der Waals surface area contributed by atoms with Gasteiger partial charge in [-0.3, -0.25) is 0 Å². The molecule has 3 heteroatoms. The average molecular weight is 99.1 g/mol. The highest BCUT2D eigenvalue weighted by Gasteiger charge is 2.08. The van der Waals surface area contributed by atoms with E-state index >= 15 is 0 Å². The Morgan fingerprint density at radius 1 is 2.00 bits per heavy atom. The van der Waals surface area contributed by atoms with E-state index in [4.69, 9.17) is 0 Å². The Kier molecular flexibility index (Phi) is 1.38. The minimum Gasteiger partial charge on any atom is -0.351 e. The molecule has 1 heterocycles. The molecule has 0 aliphatic carbocycles. The molecule has 3 nitrogen and oxygen atoms in total. The van der Waals surface area contributed by atoms with Gasteiger partial charge in [0.1, 0.15) is 0 Å². The van der Waals surface area contributed by atoms with E-state index in [0.717, 1.165) is 0 Å². The second kappa shape index (κ2) is 2.04. The van der Waals surface area contributed by atoms with E-state index in [9.17, 15) is 0 Å². The van der Waals surface area contributed by atoms with Crippen LogP contribution in [0, 0.1) is 6.73 Å². The normalized spacial score (nSPS) is 29.0. The Balaban J connectivity index is 2.28. The summed E-state index contributed by atoms with van der Waals surface area (Å²) in [5.74, 6) is 0. The third kappa shape index (κ3) is 0.976. The molecule has 1 unspecified atom stereocenters. The minimum atomic E-state index is -0.306. The molecule has 0 fully saturated rings. The molecule has 0 amide bonds. The van der Waals surface area contributed by atoms with Crippen molar-refractivity contribution >= 4 is 6.21 Å². The zero-order chi connectivity index (χ0) is 5.11. The summed E-state index contributed by atoms with van der Waals surface area (Å²) in [4.78, 5) is 3.51. The molecule has 38 valence electrons. The van der Waals surface area contributed by atoms with E-state index in [1.807, 2.05) is 0 Å². The van der Waals surface area contributed by atoms with Crippen LogP contribution in [0.25, 0.3) is 0 Å². The van der Waals surface area contributed by atoms with Crippen LogP contribution in [0.1, 0.15) is 0 Å². The predicted molar refractivity (Wildman–Crippen MR) is 23.6 cm³/mol. The lowest BCUT2D eigenvalue weighted by Gasteiger charge is -1.98. The summed E-state index contributed by atoms with van der Waals surface area (Å²) in [6.07, 6.45) is 1.22. The van der Waals surface area contributed by atoms with Gasteiger partial charge in [-0.05, 0) is 0 Å². The van der Waals surface area contributed by atoms with Gasteiger partial charge in [0.15, 0.2) is 6.29 Å². The molecule has 7 heavy (non-hydrogen) atoms. The summed E-state index contributed by atoms with van der Waals surface area (Å²) in [5.41, 5.74) is 0. The van der Waals surface area contributed by atoms with Gasteiger partial charge in [-0.15, -0.1) is 0 Å². The standard InChI is InChI=1S/C4H5NO2/c1-6-4-2-5-3-7-4/h2,4H,1H3. The summed E-state index contributed by atoms with van der Waals surface area (Å²) < 4.78 is 9.28. The average Bonchev–Trinajstić information content (AvgIpc) is 2.14. The number of aliphatic imine (C=N–C) groups is 1. The minimum absolute atomic E-state index is 0.306. The van der Waals surface area contributed by atoms with Gasteiger partial charge < -0.3 is 9.47 Å². The van der Waals surface area contributed by atoms with E-state index in [1.54, 1.807) is 7.11 Å². The number of rotatable bonds is 1. The summed E-state index contributed by atoms with van der Waals surface area (Å²) in [6, 6.07) is 0. The molecule has 0 spiro atoms. The molecule has 1 rings (SSSR count). The summed E-state index contributed by atoms with van der Waals surface area (Å²) in [5, 5.41) is 0. The first kappa shape index (κ1) is 4.74. The van der Waals surface area contributed by atoms with Crippen molar-refractivity contribution in [2.24, 2.45) is 4.99 Å². The number of hydrogen-bond acceptors (Lipinski definition) is 3. The van der Waals surface area contributed by atoms with Crippen LogP contribution < -0.4 is 0 Å². The van der Waals surface area contributed by atoms with E-state index < -0.39 is 0 Å². The molecule has 1 aliphatic rings. The van der Waals surface area contributed by atoms with Gasteiger partial charge in [-0.1, -0.05) is 0 Å². The fourth-order valence-electron chi connectivity index (χ4n) is 0.313. The number of nitrogens with zero attached hydrogens (tertiary/aromatic N) is 1. The Bertz CT molecular complexity index is 81.8. The van der Waals surface area contributed by atoms with Crippen LogP contribution in [-0.2, 0) is 9.47 Å². The highest BCUT2D eigenvalue weighted by atomic mass is 16.7. The molecule has 0 aromatic heterocycles. The van der Waals surface area contributed by atoms with Crippen LogP contribution in [-0.4, -0.2) is 19.6 Å². The maximum Gasteiger partial charge on any atom is 0.272 e. The molecule has 0 aromatic rings. The van der Waals surface area contributed by atoms with Crippen LogP contribution in [0.3, 0.4) is 0 Å². The van der Waals surface area contributed by atoms with Crippen molar-refractivity contribution in [3.8, 4) is 0 Å². The molecule has 0 aromatic carbocycles. The van der Waals surface area contributed by atoms with Gasteiger partial charge in [-0.25, -0.2) is 4.99 Å². The van der Waals surface area contributed by atoms with E-state index in [0.29, 0.717) is 0 Å². The van der Waals surface area contributed by atoms with Crippen molar-refractivity contribution in [1.82, 2.24) is 0 Å². The van der Waals surface area contributed by atoms with E-state index in [-0.39, 0.29) is 6.29 Å². The summed E-state index contributed by atoms with van der Waals surface area (Å²) in [6.45, 7) is 2.27. The van der Waals surface area contributed by atoms with Crippen LogP contribution in [0.4, 0.5) is 0 Å². The highest BCUT2D eigenvalue weighted by molar-refractivity contribution is 5.63. The van der Waals surface area contributed by atoms with E-state index in [1.165, 1.54) is 6.21 Å². The Labute approximate surface area is 42.0 Å². The lowest BCUT2D eigenvalue weighted by molar-refractivity contribution is -0.0344. The fourth-order valence-corrected chi connectivity index (χ4v) is 0.313. The largest absolute Gasteiger partial charge is 0.351 e. The van der Waals surface area contributed by atoms with Crippen molar-refractivity contribution in [3.05, 3.63) is 6.73 Å². The van der Waals surface area contributed by atoms with Crippen LogP contribution in [0.2, 0.25) is 0 Å². The molecule has 1 aliphatic heterocycles. The second-order valence-electron chi connectivity index (χ2n) is 1.09.